The number of hydrogen-bond donors (Lipinski definition) is 0. The summed E-state index contributed by atoms with van der Waals surface area (Å²) in [6, 6.07) is 15.2. The second kappa shape index (κ2) is 4.10. The molecule has 0 N–H and O–H groups in total. The lowest BCUT2D eigenvalue weighted by Crippen LogP contribution is -2.19. The van der Waals surface area contributed by atoms with E-state index in [-0.39, 0.29) is 5.41 Å². The molecule has 1 heteroatoms. The Morgan fingerprint density at radius 1 is 1.06 bits per heavy atom. The molecule has 0 bridgehead atoms. The van der Waals surface area contributed by atoms with Gasteiger partial charge in [0, 0.05) is 9.89 Å². The van der Waals surface area contributed by atoms with Gasteiger partial charge in [-0.25, -0.2) is 0 Å². The van der Waals surface area contributed by atoms with Crippen molar-refractivity contribution in [1.82, 2.24) is 0 Å². The zero-order chi connectivity index (χ0) is 12.8. The second-order valence-electron chi connectivity index (χ2n) is 5.11. The third-order valence-corrected chi connectivity index (χ3v) is 4.44. The van der Waals surface area contributed by atoms with Gasteiger partial charge in [-0.1, -0.05) is 70.0 Å². The monoisotopic (exact) mass is 298 g/mol. The molecule has 0 amide bonds. The third kappa shape index (κ3) is 1.65. The molecule has 0 fully saturated rings. The summed E-state index contributed by atoms with van der Waals surface area (Å²) < 4.78 is 1.19. The maximum atomic E-state index is 3.70. The summed E-state index contributed by atoms with van der Waals surface area (Å²) in [6.45, 7) is 4.43. The van der Waals surface area contributed by atoms with E-state index < -0.39 is 0 Å². The highest BCUT2D eigenvalue weighted by atomic mass is 79.9. The Labute approximate surface area is 116 Å². The average Bonchev–Trinajstić information content (AvgIpc) is 2.70. The Kier molecular flexibility index (Phi) is 2.67. The SMILES string of the molecule is Cc1cccc(C2(C)C=Cc3cccc(Br)c32)c1. The van der Waals surface area contributed by atoms with Crippen LogP contribution in [-0.4, -0.2) is 0 Å². The Bertz CT molecular complexity index is 640. The van der Waals surface area contributed by atoms with Crippen LogP contribution in [0.25, 0.3) is 6.08 Å². The van der Waals surface area contributed by atoms with Gasteiger partial charge in [-0.2, -0.15) is 0 Å². The molecule has 1 unspecified atom stereocenters. The molecule has 2 aromatic rings. The van der Waals surface area contributed by atoms with Crippen LogP contribution in [0.2, 0.25) is 0 Å². The molecule has 2 aromatic carbocycles. The highest BCUT2D eigenvalue weighted by molar-refractivity contribution is 9.10. The van der Waals surface area contributed by atoms with Crippen LogP contribution in [0.15, 0.2) is 53.0 Å². The fourth-order valence-electron chi connectivity index (χ4n) is 2.78. The van der Waals surface area contributed by atoms with E-state index in [4.69, 9.17) is 0 Å². The van der Waals surface area contributed by atoms with Crippen LogP contribution in [0.5, 0.6) is 0 Å². The molecule has 18 heavy (non-hydrogen) atoms. The van der Waals surface area contributed by atoms with Crippen molar-refractivity contribution in [3.05, 3.63) is 75.3 Å². The van der Waals surface area contributed by atoms with E-state index >= 15 is 0 Å². The molecule has 0 radical (unpaired) electrons. The first-order chi connectivity index (χ1) is 8.61. The summed E-state index contributed by atoms with van der Waals surface area (Å²) in [4.78, 5) is 0. The number of halogens is 1. The topological polar surface area (TPSA) is 0 Å². The summed E-state index contributed by atoms with van der Waals surface area (Å²) in [5, 5.41) is 0. The van der Waals surface area contributed by atoms with E-state index in [1.807, 2.05) is 0 Å². The van der Waals surface area contributed by atoms with Crippen LogP contribution >= 0.6 is 15.9 Å². The van der Waals surface area contributed by atoms with E-state index in [0.717, 1.165) is 0 Å². The van der Waals surface area contributed by atoms with Gasteiger partial charge in [-0.15, -0.1) is 0 Å². The first-order valence-electron chi connectivity index (χ1n) is 6.17. The second-order valence-corrected chi connectivity index (χ2v) is 5.96. The quantitative estimate of drug-likeness (QED) is 0.688. The molecule has 0 spiro atoms. The van der Waals surface area contributed by atoms with Crippen molar-refractivity contribution in [2.24, 2.45) is 0 Å². The highest BCUT2D eigenvalue weighted by Crippen LogP contribution is 2.44. The fraction of sp³-hybridized carbons (Fsp3) is 0.176. The Morgan fingerprint density at radius 3 is 2.61 bits per heavy atom. The molecule has 0 saturated carbocycles. The van der Waals surface area contributed by atoms with E-state index in [1.54, 1.807) is 0 Å². The smallest absolute Gasteiger partial charge is 0.0374 e. The summed E-state index contributed by atoms with van der Waals surface area (Å²) in [5.74, 6) is 0. The van der Waals surface area contributed by atoms with Gasteiger partial charge in [-0.05, 0) is 36.6 Å². The van der Waals surface area contributed by atoms with E-state index in [2.05, 4.69) is 84.4 Å². The summed E-state index contributed by atoms with van der Waals surface area (Å²) in [6.07, 6.45) is 4.53. The Balaban J connectivity index is 2.23. The number of allylic oxidation sites excluding steroid dienone is 1. The summed E-state index contributed by atoms with van der Waals surface area (Å²) in [5.41, 5.74) is 5.32. The van der Waals surface area contributed by atoms with Crippen LogP contribution in [-0.2, 0) is 5.41 Å². The van der Waals surface area contributed by atoms with Gasteiger partial charge in [0.25, 0.3) is 0 Å². The Hall–Kier alpha value is -1.34. The maximum absolute atomic E-state index is 3.70. The third-order valence-electron chi connectivity index (χ3n) is 3.78. The standard InChI is InChI=1S/C17H15Br/c1-12-5-3-7-14(11-12)17(2)10-9-13-6-4-8-15(18)16(13)17/h3-11H,1-2H3. The zero-order valence-electron chi connectivity index (χ0n) is 10.6. The predicted octanol–water partition coefficient (Wildman–Crippen LogP) is 5.09. The number of benzene rings is 2. The average molecular weight is 299 g/mol. The van der Waals surface area contributed by atoms with Crippen molar-refractivity contribution in [2.75, 3.05) is 0 Å². The lowest BCUT2D eigenvalue weighted by molar-refractivity contribution is 0.733. The summed E-state index contributed by atoms with van der Waals surface area (Å²) in [7, 11) is 0. The van der Waals surface area contributed by atoms with Gasteiger partial charge in [0.1, 0.15) is 0 Å². The van der Waals surface area contributed by atoms with E-state index in [1.165, 1.54) is 26.7 Å². The number of aryl methyl sites for hydroxylation is 1. The Morgan fingerprint density at radius 2 is 1.83 bits per heavy atom. The van der Waals surface area contributed by atoms with Crippen LogP contribution in [0, 0.1) is 6.92 Å². The molecule has 90 valence electrons. The molecule has 0 aromatic heterocycles. The molecule has 1 aliphatic carbocycles. The van der Waals surface area contributed by atoms with Crippen LogP contribution < -0.4 is 0 Å². The minimum absolute atomic E-state index is 0.0263. The lowest BCUT2D eigenvalue weighted by atomic mass is 9.78. The van der Waals surface area contributed by atoms with E-state index in [0.29, 0.717) is 0 Å². The van der Waals surface area contributed by atoms with Gasteiger partial charge in [0.2, 0.25) is 0 Å². The number of fused-ring (bicyclic) bond motifs is 1. The minimum Gasteiger partial charge on any atom is -0.0692 e. The molecule has 0 nitrogen and oxygen atoms in total. The molecule has 1 aliphatic rings. The lowest BCUT2D eigenvalue weighted by Gasteiger charge is -2.26. The molecule has 0 heterocycles. The zero-order valence-corrected chi connectivity index (χ0v) is 12.2. The molecular weight excluding hydrogens is 284 g/mol. The molecule has 0 saturated heterocycles. The fourth-order valence-corrected chi connectivity index (χ4v) is 3.57. The molecule has 3 rings (SSSR count). The molecule has 1 atom stereocenters. The number of hydrogen-bond acceptors (Lipinski definition) is 0. The highest BCUT2D eigenvalue weighted by Gasteiger charge is 2.33. The van der Waals surface area contributed by atoms with Crippen molar-refractivity contribution in [2.45, 2.75) is 19.3 Å². The van der Waals surface area contributed by atoms with Gasteiger partial charge in [-0.3, -0.25) is 0 Å². The largest absolute Gasteiger partial charge is 0.0692 e. The number of rotatable bonds is 1. The first kappa shape index (κ1) is 11.7. The molecular formula is C17H15Br. The molecule has 0 aliphatic heterocycles. The maximum Gasteiger partial charge on any atom is 0.0374 e. The predicted molar refractivity (Wildman–Crippen MR) is 80.8 cm³/mol. The van der Waals surface area contributed by atoms with Crippen LogP contribution in [0.4, 0.5) is 0 Å². The van der Waals surface area contributed by atoms with Crippen molar-refractivity contribution in [3.8, 4) is 0 Å². The van der Waals surface area contributed by atoms with Crippen LogP contribution in [0.3, 0.4) is 0 Å². The first-order valence-corrected chi connectivity index (χ1v) is 6.96. The van der Waals surface area contributed by atoms with Gasteiger partial charge in [0.15, 0.2) is 0 Å². The van der Waals surface area contributed by atoms with Gasteiger partial charge < -0.3 is 0 Å². The van der Waals surface area contributed by atoms with Crippen molar-refractivity contribution in [1.29, 1.82) is 0 Å². The van der Waals surface area contributed by atoms with Gasteiger partial charge in [0.05, 0.1) is 0 Å². The van der Waals surface area contributed by atoms with Gasteiger partial charge >= 0.3 is 0 Å². The normalized spacial score (nSPS) is 21.1. The van der Waals surface area contributed by atoms with Crippen molar-refractivity contribution >= 4 is 22.0 Å². The van der Waals surface area contributed by atoms with Crippen molar-refractivity contribution in [3.63, 3.8) is 0 Å². The van der Waals surface area contributed by atoms with Crippen molar-refractivity contribution < 1.29 is 0 Å². The van der Waals surface area contributed by atoms with Crippen LogP contribution in [0.1, 0.15) is 29.2 Å². The minimum atomic E-state index is -0.0263. The van der Waals surface area contributed by atoms with E-state index in [9.17, 15) is 0 Å². The summed E-state index contributed by atoms with van der Waals surface area (Å²) >= 11 is 3.70.